The minimum atomic E-state index is 0.0937. The first-order valence-corrected chi connectivity index (χ1v) is 7.83. The van der Waals surface area contributed by atoms with E-state index < -0.39 is 0 Å². The van der Waals surface area contributed by atoms with Gasteiger partial charge in [0.2, 0.25) is 5.88 Å². The van der Waals surface area contributed by atoms with Gasteiger partial charge in [-0.15, -0.1) is 0 Å². The number of nitrogens with two attached hydrogens (primary N) is 1. The highest BCUT2D eigenvalue weighted by Crippen LogP contribution is 2.66. The molecule has 4 rings (SSSR count). The predicted molar refractivity (Wildman–Crippen MR) is 79.6 cm³/mol. The highest BCUT2D eigenvalue weighted by Gasteiger charge is 2.65. The molecule has 4 atom stereocenters. The molecule has 3 fully saturated rings. The number of pyridine rings is 1. The van der Waals surface area contributed by atoms with Crippen LogP contribution in [0.2, 0.25) is 0 Å². The van der Waals surface area contributed by atoms with Crippen molar-refractivity contribution in [2.45, 2.75) is 45.3 Å². The first-order valence-electron chi connectivity index (χ1n) is 7.83. The molecule has 4 heteroatoms. The lowest BCUT2D eigenvalue weighted by atomic mass is 10.0. The molecule has 3 saturated carbocycles. The molecule has 3 aliphatic carbocycles. The molecular weight excluding hydrogens is 250 g/mol. The molecule has 0 amide bonds. The third-order valence-electron chi connectivity index (χ3n) is 5.29. The smallest absolute Gasteiger partial charge is 0.239 e. The van der Waals surface area contributed by atoms with Crippen LogP contribution in [0, 0.1) is 23.7 Å². The second kappa shape index (κ2) is 4.27. The van der Waals surface area contributed by atoms with Gasteiger partial charge in [-0.2, -0.15) is 4.98 Å². The quantitative estimate of drug-likeness (QED) is 0.885. The fourth-order valence-corrected chi connectivity index (χ4v) is 4.54. The van der Waals surface area contributed by atoms with E-state index in [2.05, 4.69) is 10.3 Å². The van der Waals surface area contributed by atoms with E-state index in [1.165, 1.54) is 19.3 Å². The molecule has 4 nitrogen and oxygen atoms in total. The van der Waals surface area contributed by atoms with Gasteiger partial charge < -0.3 is 15.8 Å². The number of anilines is 2. The fraction of sp³-hybridized carbons (Fsp3) is 0.688. The molecule has 0 aliphatic heterocycles. The number of hydrogen-bond acceptors (Lipinski definition) is 4. The summed E-state index contributed by atoms with van der Waals surface area (Å²) in [5.74, 6) is 5.22. The SMILES string of the molecule is CC(C)Oc1nc(NC2C3C4CCC(C4)C23)ccc1N. The summed E-state index contributed by atoms with van der Waals surface area (Å²) in [5, 5.41) is 3.61. The second-order valence-electron chi connectivity index (χ2n) is 6.92. The van der Waals surface area contributed by atoms with E-state index >= 15 is 0 Å². The van der Waals surface area contributed by atoms with Gasteiger partial charge in [-0.05, 0) is 68.9 Å². The highest BCUT2D eigenvalue weighted by atomic mass is 16.5. The average Bonchev–Trinajstić information content (AvgIpc) is 2.81. The third-order valence-corrected chi connectivity index (χ3v) is 5.29. The molecule has 0 radical (unpaired) electrons. The third kappa shape index (κ3) is 1.85. The summed E-state index contributed by atoms with van der Waals surface area (Å²) in [6, 6.07) is 4.50. The van der Waals surface area contributed by atoms with Crippen molar-refractivity contribution >= 4 is 11.5 Å². The Hall–Kier alpha value is -1.45. The van der Waals surface area contributed by atoms with Gasteiger partial charge in [-0.25, -0.2) is 0 Å². The van der Waals surface area contributed by atoms with Crippen molar-refractivity contribution in [2.24, 2.45) is 23.7 Å². The summed E-state index contributed by atoms with van der Waals surface area (Å²) >= 11 is 0. The molecule has 1 aromatic rings. The number of aromatic nitrogens is 1. The van der Waals surface area contributed by atoms with Gasteiger partial charge in [0.15, 0.2) is 0 Å². The largest absolute Gasteiger partial charge is 0.473 e. The first kappa shape index (κ1) is 12.3. The van der Waals surface area contributed by atoms with Crippen molar-refractivity contribution in [3.05, 3.63) is 12.1 Å². The summed E-state index contributed by atoms with van der Waals surface area (Å²) in [6.07, 6.45) is 4.46. The standard InChI is InChI=1S/C16H23N3O/c1-8(2)20-16-11(17)5-6-12(19-16)18-15-13-9-3-4-10(7-9)14(13)15/h5-6,8-10,13-15H,3-4,7,17H2,1-2H3,(H,18,19). The van der Waals surface area contributed by atoms with E-state index in [4.69, 9.17) is 10.5 Å². The molecule has 108 valence electrons. The molecular formula is C16H23N3O. The molecule has 20 heavy (non-hydrogen) atoms. The van der Waals surface area contributed by atoms with Crippen LogP contribution in [0.15, 0.2) is 12.1 Å². The van der Waals surface area contributed by atoms with Crippen molar-refractivity contribution < 1.29 is 4.74 Å². The number of fused-ring (bicyclic) bond motifs is 5. The zero-order chi connectivity index (χ0) is 13.9. The molecule has 4 unspecified atom stereocenters. The molecule has 1 heterocycles. The monoisotopic (exact) mass is 273 g/mol. The van der Waals surface area contributed by atoms with Crippen molar-refractivity contribution in [1.82, 2.24) is 4.98 Å². The Balaban J connectivity index is 1.47. The molecule has 2 bridgehead atoms. The van der Waals surface area contributed by atoms with Gasteiger partial charge in [-0.3, -0.25) is 0 Å². The van der Waals surface area contributed by atoms with E-state index in [-0.39, 0.29) is 6.10 Å². The van der Waals surface area contributed by atoms with Gasteiger partial charge in [0, 0.05) is 6.04 Å². The van der Waals surface area contributed by atoms with Gasteiger partial charge in [0.05, 0.1) is 11.8 Å². The fourth-order valence-electron chi connectivity index (χ4n) is 4.54. The van der Waals surface area contributed by atoms with Crippen molar-refractivity contribution in [2.75, 3.05) is 11.1 Å². The summed E-state index contributed by atoms with van der Waals surface area (Å²) < 4.78 is 5.66. The Labute approximate surface area is 120 Å². The molecule has 0 aromatic carbocycles. The zero-order valence-corrected chi connectivity index (χ0v) is 12.2. The van der Waals surface area contributed by atoms with E-state index in [9.17, 15) is 0 Å². The van der Waals surface area contributed by atoms with E-state index in [1.54, 1.807) is 0 Å². The van der Waals surface area contributed by atoms with Gasteiger partial charge in [0.25, 0.3) is 0 Å². The number of rotatable bonds is 4. The number of ether oxygens (including phenoxy) is 1. The number of nitrogen functional groups attached to an aromatic ring is 1. The van der Waals surface area contributed by atoms with Crippen molar-refractivity contribution in [3.8, 4) is 5.88 Å². The molecule has 3 N–H and O–H groups in total. The number of nitrogens with zero attached hydrogens (tertiary/aromatic N) is 1. The van der Waals surface area contributed by atoms with Crippen LogP contribution in [-0.2, 0) is 0 Å². The molecule has 0 saturated heterocycles. The van der Waals surface area contributed by atoms with Crippen LogP contribution in [0.3, 0.4) is 0 Å². The minimum Gasteiger partial charge on any atom is -0.473 e. The lowest BCUT2D eigenvalue weighted by Gasteiger charge is -2.14. The maximum Gasteiger partial charge on any atom is 0.239 e. The average molecular weight is 273 g/mol. The Kier molecular flexibility index (Phi) is 2.63. The van der Waals surface area contributed by atoms with Gasteiger partial charge in [-0.1, -0.05) is 0 Å². The van der Waals surface area contributed by atoms with Crippen molar-refractivity contribution in [3.63, 3.8) is 0 Å². The maximum absolute atomic E-state index is 5.91. The lowest BCUT2D eigenvalue weighted by molar-refractivity contribution is 0.234. The summed E-state index contributed by atoms with van der Waals surface area (Å²) in [7, 11) is 0. The number of hydrogen-bond donors (Lipinski definition) is 2. The zero-order valence-electron chi connectivity index (χ0n) is 12.2. The Morgan fingerprint density at radius 1 is 1.25 bits per heavy atom. The van der Waals surface area contributed by atoms with E-state index in [0.29, 0.717) is 17.6 Å². The lowest BCUT2D eigenvalue weighted by Crippen LogP contribution is -2.15. The van der Waals surface area contributed by atoms with Crippen molar-refractivity contribution in [1.29, 1.82) is 0 Å². The van der Waals surface area contributed by atoms with Crippen LogP contribution in [0.1, 0.15) is 33.1 Å². The second-order valence-corrected chi connectivity index (χ2v) is 6.92. The maximum atomic E-state index is 5.91. The van der Waals surface area contributed by atoms with Crippen LogP contribution < -0.4 is 15.8 Å². The summed E-state index contributed by atoms with van der Waals surface area (Å²) in [5.41, 5.74) is 6.53. The summed E-state index contributed by atoms with van der Waals surface area (Å²) in [6.45, 7) is 3.98. The Bertz CT molecular complexity index is 514. The Morgan fingerprint density at radius 3 is 2.60 bits per heavy atom. The normalized spacial score (nSPS) is 37.0. The predicted octanol–water partition coefficient (Wildman–Crippen LogP) is 2.91. The highest BCUT2D eigenvalue weighted by molar-refractivity contribution is 5.54. The van der Waals surface area contributed by atoms with Crippen LogP contribution >= 0.6 is 0 Å². The van der Waals surface area contributed by atoms with Crippen LogP contribution in [0.5, 0.6) is 5.88 Å². The van der Waals surface area contributed by atoms with Crippen LogP contribution in [-0.4, -0.2) is 17.1 Å². The minimum absolute atomic E-state index is 0.0937. The summed E-state index contributed by atoms with van der Waals surface area (Å²) in [4.78, 5) is 4.53. The van der Waals surface area contributed by atoms with E-state index in [1.807, 2.05) is 26.0 Å². The molecule has 3 aliphatic rings. The van der Waals surface area contributed by atoms with Gasteiger partial charge >= 0.3 is 0 Å². The Morgan fingerprint density at radius 2 is 1.95 bits per heavy atom. The van der Waals surface area contributed by atoms with Crippen LogP contribution in [0.25, 0.3) is 0 Å². The topological polar surface area (TPSA) is 60.2 Å². The molecule has 1 aromatic heterocycles. The van der Waals surface area contributed by atoms with E-state index in [0.717, 1.165) is 29.5 Å². The molecule has 0 spiro atoms. The van der Waals surface area contributed by atoms with Crippen LogP contribution in [0.4, 0.5) is 11.5 Å². The number of nitrogens with one attached hydrogen (secondary N) is 1. The van der Waals surface area contributed by atoms with Gasteiger partial charge in [0.1, 0.15) is 5.82 Å². The first-order chi connectivity index (χ1) is 9.63.